The maximum Gasteiger partial charge on any atom is 0.314 e. The van der Waals surface area contributed by atoms with Gasteiger partial charge in [-0.25, -0.2) is 4.39 Å². The zero-order valence-corrected chi connectivity index (χ0v) is 24.5. The summed E-state index contributed by atoms with van der Waals surface area (Å²) in [7, 11) is 0. The molecule has 2 nitrogen and oxygen atoms in total. The van der Waals surface area contributed by atoms with Gasteiger partial charge < -0.3 is 5.11 Å². The number of aliphatic carboxylic acids is 1. The molecule has 0 aromatic heterocycles. The van der Waals surface area contributed by atoms with Crippen LogP contribution >= 0.6 is 0 Å². The van der Waals surface area contributed by atoms with Crippen LogP contribution in [0.1, 0.15) is 147 Å². The molecule has 1 N–H and O–H groups in total. The van der Waals surface area contributed by atoms with Crippen molar-refractivity contribution in [3.05, 3.63) is 35.1 Å². The fraction of sp³-hybridized carbons (Fsp3) is 0.800. The molecule has 3 aliphatic rings. The number of aryl methyl sites for hydroxylation is 1. The first-order valence-electron chi connectivity index (χ1n) is 16.5. The highest BCUT2D eigenvalue weighted by Crippen LogP contribution is 2.48. The number of rotatable bonds is 12. The summed E-state index contributed by atoms with van der Waals surface area (Å²) in [5.41, 5.74) is 0.562. The average molecular weight is 527 g/mol. The summed E-state index contributed by atoms with van der Waals surface area (Å²) in [6.07, 6.45) is 23.8. The monoisotopic (exact) mass is 526 g/mol. The summed E-state index contributed by atoms with van der Waals surface area (Å²) < 4.78 is 15.3. The first-order valence-corrected chi connectivity index (χ1v) is 16.5. The van der Waals surface area contributed by atoms with E-state index in [1.807, 2.05) is 12.1 Å². The number of benzene rings is 1. The summed E-state index contributed by atoms with van der Waals surface area (Å²) in [6.45, 7) is 4.56. The van der Waals surface area contributed by atoms with Crippen molar-refractivity contribution in [2.75, 3.05) is 0 Å². The second-order valence-electron chi connectivity index (χ2n) is 13.5. The van der Waals surface area contributed by atoms with Gasteiger partial charge in [-0.2, -0.15) is 0 Å². The van der Waals surface area contributed by atoms with E-state index in [2.05, 4.69) is 13.8 Å². The van der Waals surface area contributed by atoms with Gasteiger partial charge in [-0.15, -0.1) is 0 Å². The average Bonchev–Trinajstić information content (AvgIpc) is 2.94. The molecule has 3 fully saturated rings. The standard InChI is InChI=1S/C35H55FO2/c1-3-5-6-8-27-9-11-28(12-10-27)15-18-31-19-20-32(25-33(31)36)35(34(37)38)23-21-30(22-24-35)29-16-13-26(7-4-2)14-17-29/h19-20,25-30H,3-18,21-24H2,1-2H3,(H,37,38). The van der Waals surface area contributed by atoms with Crippen LogP contribution in [0.15, 0.2) is 18.2 Å². The van der Waals surface area contributed by atoms with E-state index in [4.69, 9.17) is 0 Å². The molecule has 4 rings (SSSR count). The maximum absolute atomic E-state index is 15.3. The Labute approximate surface area is 232 Å². The number of carboxylic acid groups (broad SMARTS) is 1. The third-order valence-electron chi connectivity index (χ3n) is 11.2. The van der Waals surface area contributed by atoms with Crippen molar-refractivity contribution in [2.24, 2.45) is 29.6 Å². The van der Waals surface area contributed by atoms with Crippen LogP contribution in [0.5, 0.6) is 0 Å². The van der Waals surface area contributed by atoms with Crippen molar-refractivity contribution in [1.82, 2.24) is 0 Å². The molecular weight excluding hydrogens is 471 g/mol. The van der Waals surface area contributed by atoms with Crippen LogP contribution in [0.3, 0.4) is 0 Å². The second kappa shape index (κ2) is 14.3. The summed E-state index contributed by atoms with van der Waals surface area (Å²) in [5, 5.41) is 10.3. The van der Waals surface area contributed by atoms with E-state index in [-0.39, 0.29) is 5.82 Å². The molecule has 0 heterocycles. The lowest BCUT2D eigenvalue weighted by Gasteiger charge is -2.42. The van der Waals surface area contributed by atoms with Crippen molar-refractivity contribution < 1.29 is 14.3 Å². The lowest BCUT2D eigenvalue weighted by Crippen LogP contribution is -2.41. The summed E-state index contributed by atoms with van der Waals surface area (Å²) in [4.78, 5) is 12.6. The first-order chi connectivity index (χ1) is 18.4. The normalized spacial score (nSPS) is 32.2. The minimum atomic E-state index is -0.911. The highest BCUT2D eigenvalue weighted by Gasteiger charge is 2.45. The van der Waals surface area contributed by atoms with E-state index >= 15 is 4.39 Å². The van der Waals surface area contributed by atoms with Gasteiger partial charge in [0.2, 0.25) is 0 Å². The Bertz CT molecular complexity index is 855. The van der Waals surface area contributed by atoms with Crippen molar-refractivity contribution in [2.45, 2.75) is 148 Å². The predicted octanol–water partition coefficient (Wildman–Crippen LogP) is 10.3. The lowest BCUT2D eigenvalue weighted by atomic mass is 9.62. The quantitative estimate of drug-likeness (QED) is 0.275. The Morgan fingerprint density at radius 3 is 1.95 bits per heavy atom. The van der Waals surface area contributed by atoms with Gasteiger partial charge in [-0.3, -0.25) is 4.79 Å². The van der Waals surface area contributed by atoms with E-state index in [0.29, 0.717) is 30.2 Å². The van der Waals surface area contributed by atoms with Crippen molar-refractivity contribution >= 4 is 5.97 Å². The van der Waals surface area contributed by atoms with Crippen LogP contribution in [0.4, 0.5) is 4.39 Å². The maximum atomic E-state index is 15.3. The van der Waals surface area contributed by atoms with Crippen LogP contribution in [0.25, 0.3) is 0 Å². The molecule has 1 aromatic carbocycles. The molecule has 1 aromatic rings. The summed E-state index contributed by atoms with van der Waals surface area (Å²) >= 11 is 0. The number of hydrogen-bond acceptors (Lipinski definition) is 1. The number of carboxylic acids is 1. The van der Waals surface area contributed by atoms with E-state index in [9.17, 15) is 9.90 Å². The van der Waals surface area contributed by atoms with Gasteiger partial charge in [-0.1, -0.05) is 103 Å². The van der Waals surface area contributed by atoms with Crippen LogP contribution in [-0.4, -0.2) is 11.1 Å². The zero-order chi connectivity index (χ0) is 27.0. The van der Waals surface area contributed by atoms with Crippen molar-refractivity contribution in [3.8, 4) is 0 Å². The minimum absolute atomic E-state index is 0.187. The van der Waals surface area contributed by atoms with E-state index in [1.54, 1.807) is 6.07 Å². The summed E-state index contributed by atoms with van der Waals surface area (Å²) in [6, 6.07) is 5.45. The fourth-order valence-electron chi connectivity index (χ4n) is 8.49. The Morgan fingerprint density at radius 1 is 0.789 bits per heavy atom. The third kappa shape index (κ3) is 7.42. The Kier molecular flexibility index (Phi) is 11.1. The van der Waals surface area contributed by atoms with Crippen LogP contribution in [0.2, 0.25) is 0 Å². The molecule has 0 saturated heterocycles. The zero-order valence-electron chi connectivity index (χ0n) is 24.5. The van der Waals surface area contributed by atoms with E-state index < -0.39 is 11.4 Å². The van der Waals surface area contributed by atoms with Gasteiger partial charge in [0, 0.05) is 0 Å². The molecule has 38 heavy (non-hydrogen) atoms. The molecule has 3 saturated carbocycles. The number of hydrogen-bond donors (Lipinski definition) is 1. The largest absolute Gasteiger partial charge is 0.481 e. The molecule has 0 radical (unpaired) electrons. The second-order valence-corrected chi connectivity index (χ2v) is 13.5. The highest BCUT2D eigenvalue weighted by molar-refractivity contribution is 5.81. The van der Waals surface area contributed by atoms with Gasteiger partial charge in [0.25, 0.3) is 0 Å². The third-order valence-corrected chi connectivity index (χ3v) is 11.2. The SMILES string of the molecule is CCCCCC1CCC(CCc2ccc(C3(C(=O)O)CCC(C4CCC(CCC)CC4)CC3)cc2F)CC1. The molecule has 214 valence electrons. The van der Waals surface area contributed by atoms with Crippen LogP contribution in [0, 0.1) is 35.4 Å². The van der Waals surface area contributed by atoms with Gasteiger partial charge in [0.05, 0.1) is 5.41 Å². The first kappa shape index (κ1) is 29.6. The number of unbranched alkanes of at least 4 members (excludes halogenated alkanes) is 2. The molecule has 0 spiro atoms. The summed E-state index contributed by atoms with van der Waals surface area (Å²) in [5.74, 6) is 3.00. The molecule has 0 amide bonds. The number of halogens is 1. The Hall–Kier alpha value is -1.38. The van der Waals surface area contributed by atoms with Gasteiger partial charge in [0.15, 0.2) is 0 Å². The fourth-order valence-corrected chi connectivity index (χ4v) is 8.49. The molecule has 0 bridgehead atoms. The molecule has 0 unspecified atom stereocenters. The predicted molar refractivity (Wildman–Crippen MR) is 156 cm³/mol. The van der Waals surface area contributed by atoms with Gasteiger partial charge >= 0.3 is 5.97 Å². The van der Waals surface area contributed by atoms with Crippen molar-refractivity contribution in [3.63, 3.8) is 0 Å². The highest BCUT2D eigenvalue weighted by atomic mass is 19.1. The smallest absolute Gasteiger partial charge is 0.314 e. The van der Waals surface area contributed by atoms with Crippen molar-refractivity contribution in [1.29, 1.82) is 0 Å². The van der Waals surface area contributed by atoms with Crippen LogP contribution in [-0.2, 0) is 16.6 Å². The Morgan fingerprint density at radius 2 is 1.37 bits per heavy atom. The minimum Gasteiger partial charge on any atom is -0.481 e. The van der Waals surface area contributed by atoms with Gasteiger partial charge in [-0.05, 0) is 98.1 Å². The number of carbonyl (C=O) groups is 1. The molecular formula is C35H55FO2. The van der Waals surface area contributed by atoms with E-state index in [1.165, 1.54) is 89.9 Å². The molecule has 3 heteroatoms. The van der Waals surface area contributed by atoms with Gasteiger partial charge in [0.1, 0.15) is 5.82 Å². The lowest BCUT2D eigenvalue weighted by molar-refractivity contribution is -0.146. The molecule has 0 aliphatic heterocycles. The molecule has 3 aliphatic carbocycles. The topological polar surface area (TPSA) is 37.3 Å². The van der Waals surface area contributed by atoms with E-state index in [0.717, 1.165) is 49.0 Å². The Balaban J connectivity index is 1.29. The molecule has 0 atom stereocenters. The van der Waals surface area contributed by atoms with Crippen LogP contribution < -0.4 is 0 Å².